The van der Waals surface area contributed by atoms with Crippen LogP contribution in [0.25, 0.3) is 0 Å². The van der Waals surface area contributed by atoms with E-state index in [-0.39, 0.29) is 18.3 Å². The molecule has 148 valence electrons. The van der Waals surface area contributed by atoms with Gasteiger partial charge in [0.25, 0.3) is 5.91 Å². The normalized spacial score (nSPS) is 15.6. The number of imide groups is 1. The van der Waals surface area contributed by atoms with Gasteiger partial charge in [0.1, 0.15) is 5.82 Å². The number of halogens is 1. The number of rotatable bonds is 7. The van der Waals surface area contributed by atoms with Crippen LogP contribution in [0.4, 0.5) is 9.18 Å². The molecule has 0 spiro atoms. The number of carbonyl (C=O) groups excluding carboxylic acids is 3. The van der Waals surface area contributed by atoms with Crippen molar-refractivity contribution >= 4 is 29.7 Å². The predicted molar refractivity (Wildman–Crippen MR) is 101 cm³/mol. The Morgan fingerprint density at radius 3 is 2.52 bits per heavy atom. The summed E-state index contributed by atoms with van der Waals surface area (Å²) in [4.78, 5) is 36.5. The summed E-state index contributed by atoms with van der Waals surface area (Å²) in [6.07, 6.45) is 4.20. The van der Waals surface area contributed by atoms with Crippen LogP contribution in [0.15, 0.2) is 29.2 Å². The Hall–Kier alpha value is -2.09. The molecular weight excluding hydrogens is 371 g/mol. The average molecular weight is 396 g/mol. The van der Waals surface area contributed by atoms with Crippen LogP contribution in [0.1, 0.15) is 45.4 Å². The van der Waals surface area contributed by atoms with Gasteiger partial charge in [-0.3, -0.25) is 14.9 Å². The minimum atomic E-state index is -1.05. The predicted octanol–water partition coefficient (Wildman–Crippen LogP) is 3.40. The Bertz CT molecular complexity index is 648. The first-order valence-corrected chi connectivity index (χ1v) is 10.1. The smallest absolute Gasteiger partial charge is 0.321 e. The van der Waals surface area contributed by atoms with Crippen molar-refractivity contribution in [1.82, 2.24) is 10.6 Å². The number of thioether (sulfide) groups is 1. The van der Waals surface area contributed by atoms with Crippen LogP contribution in [-0.2, 0) is 14.3 Å². The molecule has 6 nitrogen and oxygen atoms in total. The largest absolute Gasteiger partial charge is 0.453 e. The molecular formula is C19H25FN2O4S. The number of nitrogens with one attached hydrogen (secondary N) is 2. The van der Waals surface area contributed by atoms with Crippen LogP contribution < -0.4 is 10.6 Å². The average Bonchev–Trinajstić information content (AvgIpc) is 2.64. The van der Waals surface area contributed by atoms with Crippen molar-refractivity contribution in [3.8, 4) is 0 Å². The molecule has 0 radical (unpaired) electrons. The lowest BCUT2D eigenvalue weighted by Crippen LogP contribution is -2.48. The summed E-state index contributed by atoms with van der Waals surface area (Å²) in [6.45, 7) is 1.42. The van der Waals surface area contributed by atoms with E-state index >= 15 is 0 Å². The second-order valence-corrected chi connectivity index (χ2v) is 7.65. The number of benzene rings is 1. The highest BCUT2D eigenvalue weighted by atomic mass is 32.2. The van der Waals surface area contributed by atoms with Crippen molar-refractivity contribution in [1.29, 1.82) is 0 Å². The molecule has 0 unspecified atom stereocenters. The Balaban J connectivity index is 1.64. The van der Waals surface area contributed by atoms with Crippen LogP contribution in [0, 0.1) is 5.82 Å². The van der Waals surface area contributed by atoms with Gasteiger partial charge in [0.05, 0.1) is 6.42 Å². The number of esters is 1. The molecule has 0 aliphatic heterocycles. The second kappa shape index (κ2) is 10.9. The molecule has 8 heteroatoms. The molecule has 1 aliphatic carbocycles. The first-order chi connectivity index (χ1) is 12.9. The fourth-order valence-corrected chi connectivity index (χ4v) is 3.61. The maximum Gasteiger partial charge on any atom is 0.321 e. The third-order valence-electron chi connectivity index (χ3n) is 4.24. The van der Waals surface area contributed by atoms with Crippen molar-refractivity contribution in [2.24, 2.45) is 0 Å². The summed E-state index contributed by atoms with van der Waals surface area (Å²) in [7, 11) is 0. The highest BCUT2D eigenvalue weighted by Crippen LogP contribution is 2.19. The lowest BCUT2D eigenvalue weighted by atomic mass is 9.96. The molecule has 1 atom stereocenters. The minimum Gasteiger partial charge on any atom is -0.453 e. The standard InChI is InChI=1S/C19H25FN2O4S/c1-13(18(24)22-19(25)21-15-5-3-2-4-6-15)26-17(23)11-12-27-16-9-7-14(20)8-10-16/h7-10,13,15H,2-6,11-12H2,1H3,(H2,21,22,24,25)/t13-/m1/s1. The summed E-state index contributed by atoms with van der Waals surface area (Å²) in [5.41, 5.74) is 0. The van der Waals surface area contributed by atoms with E-state index in [0.717, 1.165) is 30.6 Å². The molecule has 27 heavy (non-hydrogen) atoms. The zero-order chi connectivity index (χ0) is 19.6. The summed E-state index contributed by atoms with van der Waals surface area (Å²) < 4.78 is 17.9. The maximum absolute atomic E-state index is 12.8. The number of carbonyl (C=O) groups is 3. The monoisotopic (exact) mass is 396 g/mol. The molecule has 0 aromatic heterocycles. The van der Waals surface area contributed by atoms with E-state index in [1.54, 1.807) is 12.1 Å². The molecule has 3 amide bonds. The van der Waals surface area contributed by atoms with E-state index < -0.39 is 24.0 Å². The van der Waals surface area contributed by atoms with Gasteiger partial charge < -0.3 is 10.1 Å². The van der Waals surface area contributed by atoms with Gasteiger partial charge in [-0.15, -0.1) is 11.8 Å². The second-order valence-electron chi connectivity index (χ2n) is 6.48. The number of amides is 3. The number of urea groups is 1. The van der Waals surface area contributed by atoms with Gasteiger partial charge in [-0.05, 0) is 44.0 Å². The van der Waals surface area contributed by atoms with E-state index in [9.17, 15) is 18.8 Å². The quantitative estimate of drug-likeness (QED) is 0.545. The van der Waals surface area contributed by atoms with Crippen LogP contribution in [0.5, 0.6) is 0 Å². The summed E-state index contributed by atoms with van der Waals surface area (Å²) >= 11 is 1.39. The first-order valence-electron chi connectivity index (χ1n) is 9.13. The topological polar surface area (TPSA) is 84.5 Å². The van der Waals surface area contributed by atoms with Crippen molar-refractivity contribution in [2.45, 2.75) is 62.5 Å². The van der Waals surface area contributed by atoms with Gasteiger partial charge in [0.2, 0.25) is 0 Å². The van der Waals surface area contributed by atoms with E-state index in [1.165, 1.54) is 37.2 Å². The zero-order valence-corrected chi connectivity index (χ0v) is 16.1. The number of hydrogen-bond donors (Lipinski definition) is 2. The van der Waals surface area contributed by atoms with Crippen molar-refractivity contribution in [3.05, 3.63) is 30.1 Å². The van der Waals surface area contributed by atoms with Gasteiger partial charge in [0.15, 0.2) is 6.10 Å². The van der Waals surface area contributed by atoms with Crippen molar-refractivity contribution < 1.29 is 23.5 Å². The number of hydrogen-bond acceptors (Lipinski definition) is 5. The Morgan fingerprint density at radius 2 is 1.85 bits per heavy atom. The highest BCUT2D eigenvalue weighted by Gasteiger charge is 2.22. The van der Waals surface area contributed by atoms with Crippen LogP contribution in [0.3, 0.4) is 0 Å². The SMILES string of the molecule is C[C@@H](OC(=O)CCSc1ccc(F)cc1)C(=O)NC(=O)NC1CCCCC1. The van der Waals surface area contributed by atoms with E-state index in [2.05, 4.69) is 10.6 Å². The summed E-state index contributed by atoms with van der Waals surface area (Å²) in [6, 6.07) is 5.50. The van der Waals surface area contributed by atoms with Crippen molar-refractivity contribution in [2.75, 3.05) is 5.75 Å². The van der Waals surface area contributed by atoms with Crippen LogP contribution in [0.2, 0.25) is 0 Å². The molecule has 2 rings (SSSR count). The molecule has 0 saturated heterocycles. The maximum atomic E-state index is 12.8. The zero-order valence-electron chi connectivity index (χ0n) is 15.3. The fraction of sp³-hybridized carbons (Fsp3) is 0.526. The molecule has 1 fully saturated rings. The van der Waals surface area contributed by atoms with Crippen LogP contribution >= 0.6 is 11.8 Å². The summed E-state index contributed by atoms with van der Waals surface area (Å²) in [5.74, 6) is -1.05. The third kappa shape index (κ3) is 7.99. The third-order valence-corrected chi connectivity index (χ3v) is 5.26. The van der Waals surface area contributed by atoms with Gasteiger partial charge in [-0.2, -0.15) is 0 Å². The van der Waals surface area contributed by atoms with E-state index in [4.69, 9.17) is 4.74 Å². The lowest BCUT2D eigenvalue weighted by Gasteiger charge is -2.23. The summed E-state index contributed by atoms with van der Waals surface area (Å²) in [5, 5.41) is 4.99. The van der Waals surface area contributed by atoms with Gasteiger partial charge in [-0.1, -0.05) is 19.3 Å². The molecule has 1 aromatic carbocycles. The molecule has 1 saturated carbocycles. The first kappa shape index (κ1) is 21.2. The Labute approximate surface area is 162 Å². The van der Waals surface area contributed by atoms with E-state index in [0.29, 0.717) is 5.75 Å². The molecule has 2 N–H and O–H groups in total. The molecule has 1 aromatic rings. The van der Waals surface area contributed by atoms with E-state index in [1.807, 2.05) is 0 Å². The Morgan fingerprint density at radius 1 is 1.19 bits per heavy atom. The molecule has 0 heterocycles. The molecule has 1 aliphatic rings. The van der Waals surface area contributed by atoms with Crippen LogP contribution in [-0.4, -0.2) is 35.8 Å². The fourth-order valence-electron chi connectivity index (χ4n) is 2.77. The van der Waals surface area contributed by atoms with Gasteiger partial charge >= 0.3 is 12.0 Å². The Kier molecular flexibility index (Phi) is 8.57. The van der Waals surface area contributed by atoms with Gasteiger partial charge in [0, 0.05) is 16.7 Å². The molecule has 0 bridgehead atoms. The highest BCUT2D eigenvalue weighted by molar-refractivity contribution is 7.99. The minimum absolute atomic E-state index is 0.0906. The lowest BCUT2D eigenvalue weighted by molar-refractivity contribution is -0.154. The van der Waals surface area contributed by atoms with Gasteiger partial charge in [-0.25, -0.2) is 9.18 Å². The number of ether oxygens (including phenoxy) is 1. The van der Waals surface area contributed by atoms with Crippen molar-refractivity contribution in [3.63, 3.8) is 0 Å².